The Bertz CT molecular complexity index is 5450. The topological polar surface area (TPSA) is 19.4 Å². The minimum absolute atomic E-state index is 0.0459. The van der Waals surface area contributed by atoms with E-state index in [1.165, 1.54) is 224 Å². The summed E-state index contributed by atoms with van der Waals surface area (Å²) in [4.78, 5) is 15.9. The first-order valence-electron chi connectivity index (χ1n) is 43.4. The van der Waals surface area contributed by atoms with Crippen molar-refractivity contribution in [2.24, 2.45) is 0 Å². The van der Waals surface area contributed by atoms with Crippen molar-refractivity contribution < 1.29 is 0 Å². The Balaban J connectivity index is 0.000000155. The van der Waals surface area contributed by atoms with Crippen molar-refractivity contribution in [3.63, 3.8) is 0 Å². The molecule has 0 spiro atoms. The van der Waals surface area contributed by atoms with E-state index in [1.807, 2.05) is 0 Å². The quantitative estimate of drug-likeness (QED) is 0.126. The number of aryl methyl sites for hydroxylation is 4. The van der Waals surface area contributed by atoms with Crippen LogP contribution in [0.5, 0.6) is 0 Å². The second-order valence-electron chi connectivity index (χ2n) is 40.8. The molecular weight excluding hydrogens is 1440 g/mol. The lowest BCUT2D eigenvalue weighted by atomic mass is 9.33. The minimum atomic E-state index is -1.50. The van der Waals surface area contributed by atoms with Crippen LogP contribution in [0.15, 0.2) is 243 Å². The molecule has 0 radical (unpaired) electrons. The molecule has 0 aromatic heterocycles. The summed E-state index contributed by atoms with van der Waals surface area (Å²) in [6.07, 6.45) is 9.84. The summed E-state index contributed by atoms with van der Waals surface area (Å²) in [5, 5.41) is 2.97. The van der Waals surface area contributed by atoms with Crippen LogP contribution in [0.4, 0.5) is 91.0 Å². The zero-order valence-corrected chi connectivity index (χ0v) is 74.6. The predicted octanol–water partition coefficient (Wildman–Crippen LogP) is 23.9. The van der Waals surface area contributed by atoms with Gasteiger partial charge in [-0.05, 0) is 242 Å². The largest absolute Gasteiger partial charge is 0.335 e. The molecule has 4 unspecified atom stereocenters. The fourth-order valence-corrected chi connectivity index (χ4v) is 24.7. The standard InChI is InChI=1S/C54H58BN3.C52H58BN3Si2/c1-35-16-23-41(24-17-35)57-46-29-18-36(2)32-45(46)55-44-15-13-14-43-50(44)58(54(10)31-12-11-30-53(43,54)9)48-34-42(33-47(57)49(48)55)56(39-25-19-37(20-26-39)51(3,4)5)40-27-21-38(22-28-40)52(6,7)8;1-35-16-19-39(20-17-35)55-46-29-18-36(2)32-45(46)53-44-15-13-14-43-50(44)56(52(4)31-12-11-30-51(43,52)3)48-34-40(33-47(55)49(48)53)54(37-21-25-41(26-22-37)57(5,6)7)38-23-27-42(28-24-38)58(8,9)10/h2*13-29,32-34H,11-12,30-31H2,1-10H3. The van der Waals surface area contributed by atoms with Gasteiger partial charge in [0, 0.05) is 90.5 Å². The van der Waals surface area contributed by atoms with Crippen LogP contribution in [0, 0.1) is 27.7 Å². The molecule has 584 valence electrons. The molecule has 2 saturated carbocycles. The lowest BCUT2D eigenvalue weighted by Gasteiger charge is -2.53. The van der Waals surface area contributed by atoms with E-state index in [-0.39, 0.29) is 46.2 Å². The molecule has 116 heavy (non-hydrogen) atoms. The van der Waals surface area contributed by atoms with Crippen molar-refractivity contribution in [1.29, 1.82) is 0 Å². The molecule has 2 aliphatic carbocycles. The van der Waals surface area contributed by atoms with Gasteiger partial charge >= 0.3 is 0 Å². The van der Waals surface area contributed by atoms with Gasteiger partial charge in [-0.1, -0.05) is 286 Å². The van der Waals surface area contributed by atoms with Crippen LogP contribution in [0.25, 0.3) is 0 Å². The van der Waals surface area contributed by atoms with Crippen LogP contribution in [0.3, 0.4) is 0 Å². The highest BCUT2D eigenvalue weighted by Gasteiger charge is 2.63. The summed E-state index contributed by atoms with van der Waals surface area (Å²) < 4.78 is 0. The van der Waals surface area contributed by atoms with Crippen molar-refractivity contribution in [3.8, 4) is 0 Å². The Morgan fingerprint density at radius 1 is 0.319 bits per heavy atom. The molecule has 0 amide bonds. The molecule has 10 heteroatoms. The van der Waals surface area contributed by atoms with Gasteiger partial charge in [0.1, 0.15) is 0 Å². The van der Waals surface area contributed by atoms with E-state index < -0.39 is 16.1 Å². The van der Waals surface area contributed by atoms with Crippen LogP contribution in [0.1, 0.15) is 165 Å². The number of fused-ring (bicyclic) bond motifs is 14. The summed E-state index contributed by atoms with van der Waals surface area (Å²) in [5.74, 6) is 0. The predicted molar refractivity (Wildman–Crippen MR) is 509 cm³/mol. The molecule has 0 saturated heterocycles. The van der Waals surface area contributed by atoms with E-state index >= 15 is 0 Å². The summed E-state index contributed by atoms with van der Waals surface area (Å²) in [5.41, 5.74) is 39.9. The van der Waals surface area contributed by atoms with E-state index in [1.54, 1.807) is 5.56 Å². The fraction of sp³-hybridized carbons (Fsp3) is 0.321. The van der Waals surface area contributed by atoms with Crippen molar-refractivity contribution in [2.75, 3.05) is 29.4 Å². The van der Waals surface area contributed by atoms with Gasteiger partial charge in [-0.3, -0.25) is 0 Å². The van der Waals surface area contributed by atoms with Crippen LogP contribution >= 0.6 is 0 Å². The minimum Gasteiger partial charge on any atom is -0.335 e. The highest BCUT2D eigenvalue weighted by Crippen LogP contribution is 2.65. The highest BCUT2D eigenvalue weighted by atomic mass is 28.3. The first-order valence-corrected chi connectivity index (χ1v) is 50.4. The average Bonchev–Trinajstić information content (AvgIpc) is 1.49. The van der Waals surface area contributed by atoms with E-state index in [0.29, 0.717) is 0 Å². The maximum absolute atomic E-state index is 2.87. The first kappa shape index (κ1) is 76.0. The van der Waals surface area contributed by atoms with Gasteiger partial charge in [0.25, 0.3) is 13.4 Å². The Labute approximate surface area is 695 Å². The Hall–Kier alpha value is -10.00. The van der Waals surface area contributed by atoms with Crippen molar-refractivity contribution in [3.05, 3.63) is 287 Å². The molecular formula is C106H116B2N6Si2. The van der Waals surface area contributed by atoms with E-state index in [2.05, 4.69) is 408 Å². The van der Waals surface area contributed by atoms with Crippen molar-refractivity contribution >= 4 is 164 Å². The van der Waals surface area contributed by atoms with Crippen LogP contribution in [-0.4, -0.2) is 40.7 Å². The van der Waals surface area contributed by atoms with Gasteiger partial charge < -0.3 is 29.4 Å². The third kappa shape index (κ3) is 11.6. The fourth-order valence-electron chi connectivity index (χ4n) is 22.3. The van der Waals surface area contributed by atoms with Crippen molar-refractivity contribution in [1.82, 2.24) is 0 Å². The SMILES string of the molecule is Cc1ccc(N2c3ccc(C)cc3B3c4cccc5c4N(c4cc(N(c6ccc(C(C)(C)C)cc6)c6ccc(C(C)(C)C)cc6)cc2c43)C2(C)CCCCC52C)cc1.Cc1ccc(N2c3ccc(C)cc3B3c4cccc5c4N(c4cc(N(c6ccc([Si](C)(C)C)cc6)c6ccc([Si](C)(C)C)cc6)cc2c43)C2(C)CCCCC52C)cc1. The van der Waals surface area contributed by atoms with Gasteiger partial charge in [0.2, 0.25) is 0 Å². The zero-order chi connectivity index (χ0) is 81.0. The molecule has 0 bridgehead atoms. The summed E-state index contributed by atoms with van der Waals surface area (Å²) >= 11 is 0. The molecule has 2 fully saturated rings. The number of benzene rings is 12. The second kappa shape index (κ2) is 26.8. The van der Waals surface area contributed by atoms with Gasteiger partial charge in [-0.15, -0.1) is 0 Å². The monoisotopic (exact) mass is 1550 g/mol. The summed E-state index contributed by atoms with van der Waals surface area (Å²) in [6.45, 7) is 48.0. The van der Waals surface area contributed by atoms with E-state index in [9.17, 15) is 0 Å². The zero-order valence-electron chi connectivity index (χ0n) is 72.6. The molecule has 12 aromatic carbocycles. The molecule has 20 rings (SSSR count). The first-order chi connectivity index (χ1) is 55.2. The summed E-state index contributed by atoms with van der Waals surface area (Å²) in [6, 6.07) is 95.3. The molecule has 12 aromatic rings. The number of anilines is 16. The van der Waals surface area contributed by atoms with E-state index in [0.717, 1.165) is 0 Å². The molecule has 4 atom stereocenters. The van der Waals surface area contributed by atoms with Gasteiger partial charge in [0.05, 0.1) is 38.6 Å². The molecule has 6 aliphatic heterocycles. The van der Waals surface area contributed by atoms with Crippen molar-refractivity contribution in [2.45, 2.75) is 220 Å². The van der Waals surface area contributed by atoms with Gasteiger partial charge in [-0.2, -0.15) is 0 Å². The normalized spacial score (nSPS) is 20.3. The number of nitrogens with zero attached hydrogens (tertiary/aromatic N) is 6. The Morgan fingerprint density at radius 2 is 0.638 bits per heavy atom. The third-order valence-corrected chi connectivity index (χ3v) is 33.4. The lowest BCUT2D eigenvalue weighted by molar-refractivity contribution is 0.195. The van der Waals surface area contributed by atoms with Crippen LogP contribution < -0.4 is 72.5 Å². The smallest absolute Gasteiger partial charge is 0.252 e. The Morgan fingerprint density at radius 3 is 0.974 bits per heavy atom. The molecule has 8 aliphatic rings. The van der Waals surface area contributed by atoms with Gasteiger partial charge in [0.15, 0.2) is 0 Å². The van der Waals surface area contributed by atoms with Crippen LogP contribution in [-0.2, 0) is 21.7 Å². The Kier molecular flexibility index (Phi) is 17.5. The molecule has 6 nitrogen and oxygen atoms in total. The maximum atomic E-state index is 2.87. The average molecular weight is 1550 g/mol. The highest BCUT2D eigenvalue weighted by molar-refractivity contribution is 7.01. The second-order valence-corrected chi connectivity index (χ2v) is 50.9. The maximum Gasteiger partial charge on any atom is 0.252 e. The van der Waals surface area contributed by atoms with Gasteiger partial charge in [-0.25, -0.2) is 0 Å². The molecule has 6 heterocycles. The summed E-state index contributed by atoms with van der Waals surface area (Å²) in [7, 11) is -3.00. The van der Waals surface area contributed by atoms with E-state index in [4.69, 9.17) is 0 Å². The number of hydrogen-bond acceptors (Lipinski definition) is 6. The lowest BCUT2D eigenvalue weighted by Crippen LogP contribution is -2.64. The van der Waals surface area contributed by atoms with Crippen LogP contribution in [0.2, 0.25) is 39.3 Å². The molecule has 0 N–H and O–H groups in total. The number of hydrogen-bond donors (Lipinski definition) is 0. The number of rotatable bonds is 10. The third-order valence-electron chi connectivity index (χ3n) is 29.3. The number of para-hydroxylation sites is 2.